The molecule has 1 aromatic rings. The van der Waals surface area contributed by atoms with Crippen LogP contribution in [-0.4, -0.2) is 19.0 Å². The number of halogens is 2. The zero-order valence-corrected chi connectivity index (χ0v) is 10.9. The molecule has 2 unspecified atom stereocenters. The number of hydrogen-bond donors (Lipinski definition) is 2. The molecule has 5 heteroatoms. The van der Waals surface area contributed by atoms with Gasteiger partial charge in [-0.2, -0.15) is 0 Å². The van der Waals surface area contributed by atoms with Gasteiger partial charge in [-0.15, -0.1) is 0 Å². The van der Waals surface area contributed by atoms with Gasteiger partial charge in [0.25, 0.3) is 0 Å². The van der Waals surface area contributed by atoms with Crippen molar-refractivity contribution in [2.24, 2.45) is 11.8 Å². The molecule has 1 aromatic carbocycles. The van der Waals surface area contributed by atoms with Crippen molar-refractivity contribution in [1.82, 2.24) is 5.32 Å². The second kappa shape index (κ2) is 5.67. The van der Waals surface area contributed by atoms with Crippen molar-refractivity contribution in [3.63, 3.8) is 0 Å². The van der Waals surface area contributed by atoms with Crippen LogP contribution in [0.5, 0.6) is 0 Å². The van der Waals surface area contributed by atoms with Crippen molar-refractivity contribution < 1.29 is 9.18 Å². The Bertz CT molecular complexity index is 453. The lowest BCUT2D eigenvalue weighted by atomic mass is 9.87. The van der Waals surface area contributed by atoms with Crippen molar-refractivity contribution in [1.29, 1.82) is 0 Å². The quantitative estimate of drug-likeness (QED) is 0.867. The highest BCUT2D eigenvalue weighted by Gasteiger charge is 2.27. The molecule has 98 valence electrons. The lowest BCUT2D eigenvalue weighted by molar-refractivity contribution is -0.122. The van der Waals surface area contributed by atoms with E-state index in [1.165, 1.54) is 18.2 Å². The molecule has 2 N–H and O–H groups in total. The van der Waals surface area contributed by atoms with Crippen LogP contribution in [-0.2, 0) is 4.79 Å². The minimum absolute atomic E-state index is 0.0210. The Kier molecular flexibility index (Phi) is 4.19. The summed E-state index contributed by atoms with van der Waals surface area (Å²) >= 11 is 5.88. The van der Waals surface area contributed by atoms with Crippen LogP contribution in [0.2, 0.25) is 5.02 Å². The molecule has 0 aliphatic carbocycles. The van der Waals surface area contributed by atoms with Crippen molar-refractivity contribution in [3.05, 3.63) is 29.0 Å². The first-order valence-corrected chi connectivity index (χ1v) is 6.42. The normalized spacial score (nSPS) is 23.7. The number of amides is 1. The Morgan fingerprint density at radius 2 is 2.33 bits per heavy atom. The smallest absolute Gasteiger partial charge is 0.227 e. The van der Waals surface area contributed by atoms with Gasteiger partial charge in [-0.05, 0) is 43.6 Å². The molecule has 2 atom stereocenters. The Balaban J connectivity index is 2.06. The summed E-state index contributed by atoms with van der Waals surface area (Å²) in [6.07, 6.45) is 0.811. The van der Waals surface area contributed by atoms with E-state index in [9.17, 15) is 9.18 Å². The second-order valence-corrected chi connectivity index (χ2v) is 5.10. The first kappa shape index (κ1) is 13.3. The lowest BCUT2D eigenvalue weighted by Gasteiger charge is -2.28. The topological polar surface area (TPSA) is 41.1 Å². The Hall–Kier alpha value is -1.13. The van der Waals surface area contributed by atoms with Crippen LogP contribution in [0.1, 0.15) is 13.3 Å². The number of piperidine rings is 1. The Morgan fingerprint density at radius 1 is 1.56 bits per heavy atom. The highest BCUT2D eigenvalue weighted by Crippen LogP contribution is 2.25. The van der Waals surface area contributed by atoms with E-state index in [0.717, 1.165) is 19.5 Å². The molecule has 3 nitrogen and oxygen atoms in total. The van der Waals surface area contributed by atoms with Crippen LogP contribution in [0, 0.1) is 17.7 Å². The van der Waals surface area contributed by atoms with Crippen LogP contribution in [0.15, 0.2) is 18.2 Å². The van der Waals surface area contributed by atoms with Gasteiger partial charge >= 0.3 is 0 Å². The molecule has 1 aliphatic heterocycles. The molecule has 0 radical (unpaired) electrons. The van der Waals surface area contributed by atoms with Crippen LogP contribution in [0.3, 0.4) is 0 Å². The van der Waals surface area contributed by atoms with Gasteiger partial charge in [0.15, 0.2) is 0 Å². The zero-order chi connectivity index (χ0) is 13.1. The van der Waals surface area contributed by atoms with Crippen molar-refractivity contribution in [2.75, 3.05) is 18.4 Å². The molecule has 1 heterocycles. The highest BCUT2D eigenvalue weighted by atomic mass is 35.5. The zero-order valence-electron chi connectivity index (χ0n) is 10.2. The molecule has 0 bridgehead atoms. The fourth-order valence-electron chi connectivity index (χ4n) is 2.22. The van der Waals surface area contributed by atoms with Crippen molar-refractivity contribution in [2.45, 2.75) is 13.3 Å². The van der Waals surface area contributed by atoms with E-state index in [4.69, 9.17) is 11.6 Å². The molecule has 0 aromatic heterocycles. The van der Waals surface area contributed by atoms with Gasteiger partial charge in [-0.3, -0.25) is 4.79 Å². The number of rotatable bonds is 2. The van der Waals surface area contributed by atoms with Gasteiger partial charge in [0, 0.05) is 5.92 Å². The monoisotopic (exact) mass is 270 g/mol. The summed E-state index contributed by atoms with van der Waals surface area (Å²) in [4.78, 5) is 12.1. The van der Waals surface area contributed by atoms with Gasteiger partial charge in [0.05, 0.1) is 10.7 Å². The number of carbonyl (C=O) groups is 1. The molecule has 2 rings (SSSR count). The van der Waals surface area contributed by atoms with Crippen LogP contribution in [0.4, 0.5) is 10.1 Å². The van der Waals surface area contributed by atoms with E-state index >= 15 is 0 Å². The Morgan fingerprint density at radius 3 is 3.00 bits per heavy atom. The molecular weight excluding hydrogens is 255 g/mol. The second-order valence-electron chi connectivity index (χ2n) is 4.69. The number of carbonyl (C=O) groups excluding carboxylic acids is 1. The average Bonchev–Trinajstić information content (AvgIpc) is 2.33. The lowest BCUT2D eigenvalue weighted by Crippen LogP contribution is -2.40. The third kappa shape index (κ3) is 3.00. The summed E-state index contributed by atoms with van der Waals surface area (Å²) in [7, 11) is 0. The number of hydrogen-bond acceptors (Lipinski definition) is 2. The van der Waals surface area contributed by atoms with E-state index in [1.807, 2.05) is 6.92 Å². The van der Waals surface area contributed by atoms with Gasteiger partial charge in [0.2, 0.25) is 5.91 Å². The minimum atomic E-state index is -0.409. The number of benzene rings is 1. The molecule has 0 spiro atoms. The first-order valence-electron chi connectivity index (χ1n) is 6.04. The molecule has 1 aliphatic rings. The van der Waals surface area contributed by atoms with Gasteiger partial charge in [-0.1, -0.05) is 18.5 Å². The van der Waals surface area contributed by atoms with E-state index in [2.05, 4.69) is 10.6 Å². The average molecular weight is 271 g/mol. The molecule has 0 saturated carbocycles. The first-order chi connectivity index (χ1) is 8.58. The largest absolute Gasteiger partial charge is 0.325 e. The Labute approximate surface area is 111 Å². The summed E-state index contributed by atoms with van der Waals surface area (Å²) in [6, 6.07) is 3.97. The van der Waals surface area contributed by atoms with Crippen molar-refractivity contribution in [3.8, 4) is 0 Å². The molecule has 1 saturated heterocycles. The highest BCUT2D eigenvalue weighted by molar-refractivity contribution is 6.33. The van der Waals surface area contributed by atoms with Crippen LogP contribution in [0.25, 0.3) is 0 Å². The third-order valence-electron chi connectivity index (χ3n) is 3.31. The molecule has 1 amide bonds. The molecule has 1 fully saturated rings. The summed E-state index contributed by atoms with van der Waals surface area (Å²) in [6.45, 7) is 3.73. The van der Waals surface area contributed by atoms with Gasteiger partial charge < -0.3 is 10.6 Å². The standard InChI is InChI=1S/C13H16ClFN2O/c1-8-7-16-5-4-10(8)13(18)17-12-3-2-9(15)6-11(12)14/h2-3,6,8,10,16H,4-5,7H2,1H3,(H,17,18). The fourth-order valence-corrected chi connectivity index (χ4v) is 2.43. The maximum absolute atomic E-state index is 12.9. The minimum Gasteiger partial charge on any atom is -0.325 e. The SMILES string of the molecule is CC1CNCCC1C(=O)Nc1ccc(F)cc1Cl. The summed E-state index contributed by atoms with van der Waals surface area (Å²) < 4.78 is 12.9. The summed E-state index contributed by atoms with van der Waals surface area (Å²) in [5.41, 5.74) is 0.466. The van der Waals surface area contributed by atoms with E-state index in [1.54, 1.807) is 0 Å². The van der Waals surface area contributed by atoms with E-state index in [-0.39, 0.29) is 22.8 Å². The fraction of sp³-hybridized carbons (Fsp3) is 0.462. The number of anilines is 1. The van der Waals surface area contributed by atoms with E-state index in [0.29, 0.717) is 5.69 Å². The molecular formula is C13H16ClFN2O. The predicted molar refractivity (Wildman–Crippen MR) is 70.2 cm³/mol. The number of nitrogens with one attached hydrogen (secondary N) is 2. The maximum atomic E-state index is 12.9. The summed E-state index contributed by atoms with van der Waals surface area (Å²) in [5, 5.41) is 6.25. The maximum Gasteiger partial charge on any atom is 0.227 e. The van der Waals surface area contributed by atoms with Crippen molar-refractivity contribution >= 4 is 23.2 Å². The molecule has 18 heavy (non-hydrogen) atoms. The summed E-state index contributed by atoms with van der Waals surface area (Å²) in [5.74, 6) is -0.184. The van der Waals surface area contributed by atoms with Gasteiger partial charge in [-0.25, -0.2) is 4.39 Å². The van der Waals surface area contributed by atoms with Crippen LogP contribution < -0.4 is 10.6 Å². The third-order valence-corrected chi connectivity index (χ3v) is 3.62. The van der Waals surface area contributed by atoms with Crippen LogP contribution >= 0.6 is 11.6 Å². The van der Waals surface area contributed by atoms with Gasteiger partial charge in [0.1, 0.15) is 5.82 Å². The van der Waals surface area contributed by atoms with E-state index < -0.39 is 5.82 Å². The predicted octanol–water partition coefficient (Wildman–Crippen LogP) is 2.66.